The topological polar surface area (TPSA) is 58.6 Å². The van der Waals surface area contributed by atoms with E-state index in [1.165, 1.54) is 6.92 Å². The smallest absolute Gasteiger partial charge is 0.226 e. The van der Waals surface area contributed by atoms with Crippen LogP contribution in [0.3, 0.4) is 0 Å². The number of hydrogen-bond donors (Lipinski definition) is 1. The highest BCUT2D eigenvalue weighted by Gasteiger charge is 2.15. The molecule has 0 atom stereocenters. The number of nitrogens with zero attached hydrogens (tertiary/aromatic N) is 1. The summed E-state index contributed by atoms with van der Waals surface area (Å²) in [7, 11) is 1.57. The minimum atomic E-state index is -0.165. The Labute approximate surface area is 149 Å². The van der Waals surface area contributed by atoms with Crippen LogP contribution in [-0.4, -0.2) is 25.5 Å². The Morgan fingerprint density at radius 1 is 1.17 bits per heavy atom. The van der Waals surface area contributed by atoms with E-state index in [4.69, 9.17) is 4.74 Å². The van der Waals surface area contributed by atoms with Gasteiger partial charge in [0.1, 0.15) is 5.75 Å². The van der Waals surface area contributed by atoms with Gasteiger partial charge in [0.05, 0.1) is 12.8 Å². The van der Waals surface area contributed by atoms with Gasteiger partial charge < -0.3 is 15.0 Å². The highest BCUT2D eigenvalue weighted by atomic mass is 79.9. The Bertz CT molecular complexity index is 734. The third-order valence-electron chi connectivity index (χ3n) is 3.44. The monoisotopic (exact) mass is 390 g/mol. The van der Waals surface area contributed by atoms with Crippen LogP contribution < -0.4 is 15.0 Å². The number of anilines is 2. The van der Waals surface area contributed by atoms with Crippen molar-refractivity contribution in [2.45, 2.75) is 13.3 Å². The maximum Gasteiger partial charge on any atom is 0.226 e. The van der Waals surface area contributed by atoms with Crippen LogP contribution in [0.1, 0.15) is 13.3 Å². The lowest BCUT2D eigenvalue weighted by atomic mass is 10.2. The number of ether oxygens (including phenoxy) is 1. The molecular weight excluding hydrogens is 372 g/mol. The van der Waals surface area contributed by atoms with Crippen LogP contribution >= 0.6 is 15.9 Å². The van der Waals surface area contributed by atoms with Crippen molar-refractivity contribution < 1.29 is 14.3 Å². The minimum Gasteiger partial charge on any atom is -0.497 e. The number of hydrogen-bond acceptors (Lipinski definition) is 3. The molecule has 0 aromatic heterocycles. The quantitative estimate of drug-likeness (QED) is 0.814. The first-order chi connectivity index (χ1) is 11.5. The van der Waals surface area contributed by atoms with Crippen molar-refractivity contribution in [2.75, 3.05) is 23.9 Å². The molecule has 0 unspecified atom stereocenters. The highest BCUT2D eigenvalue weighted by Crippen LogP contribution is 2.26. The van der Waals surface area contributed by atoms with Crippen molar-refractivity contribution in [2.24, 2.45) is 0 Å². The van der Waals surface area contributed by atoms with Crippen molar-refractivity contribution >= 4 is 39.1 Å². The van der Waals surface area contributed by atoms with Crippen molar-refractivity contribution in [3.8, 4) is 5.75 Å². The second kappa shape index (κ2) is 8.49. The van der Waals surface area contributed by atoms with Crippen LogP contribution in [-0.2, 0) is 9.59 Å². The number of halogens is 1. The Hall–Kier alpha value is -2.34. The summed E-state index contributed by atoms with van der Waals surface area (Å²) in [5, 5.41) is 2.81. The van der Waals surface area contributed by atoms with Gasteiger partial charge >= 0.3 is 0 Å². The first-order valence-electron chi connectivity index (χ1n) is 7.48. The van der Waals surface area contributed by atoms with Crippen LogP contribution in [0.5, 0.6) is 5.75 Å². The molecule has 6 heteroatoms. The summed E-state index contributed by atoms with van der Waals surface area (Å²) < 4.78 is 5.94. The Kier molecular flexibility index (Phi) is 6.37. The van der Waals surface area contributed by atoms with Gasteiger partial charge in [-0.15, -0.1) is 0 Å². The van der Waals surface area contributed by atoms with Gasteiger partial charge in [-0.1, -0.05) is 18.2 Å². The molecule has 0 fully saturated rings. The molecule has 0 bridgehead atoms. The molecule has 2 aromatic carbocycles. The summed E-state index contributed by atoms with van der Waals surface area (Å²) in [6.07, 6.45) is 0.193. The third kappa shape index (κ3) is 4.83. The number of rotatable bonds is 6. The van der Waals surface area contributed by atoms with Crippen molar-refractivity contribution in [1.82, 2.24) is 0 Å². The zero-order valence-corrected chi connectivity index (χ0v) is 15.2. The lowest BCUT2D eigenvalue weighted by Crippen LogP contribution is -2.32. The van der Waals surface area contributed by atoms with Gasteiger partial charge in [-0.25, -0.2) is 0 Å². The lowest BCUT2D eigenvalue weighted by molar-refractivity contribution is -0.117. The van der Waals surface area contributed by atoms with E-state index in [-0.39, 0.29) is 18.2 Å². The molecule has 0 radical (unpaired) electrons. The van der Waals surface area contributed by atoms with Gasteiger partial charge in [0, 0.05) is 36.1 Å². The van der Waals surface area contributed by atoms with Crippen molar-refractivity contribution in [3.63, 3.8) is 0 Å². The molecule has 0 saturated carbocycles. The normalized spacial score (nSPS) is 10.1. The van der Waals surface area contributed by atoms with Crippen molar-refractivity contribution in [1.29, 1.82) is 0 Å². The first kappa shape index (κ1) is 18.0. The fraction of sp³-hybridized carbons (Fsp3) is 0.222. The van der Waals surface area contributed by atoms with Crippen LogP contribution in [0.25, 0.3) is 0 Å². The standard InChI is InChI=1S/C18H19BrN2O3/c1-13(22)21(17-9-4-3-8-16(17)19)11-10-18(23)20-14-6-5-7-15(12-14)24-2/h3-9,12H,10-11H2,1-2H3,(H,20,23). The Balaban J connectivity index is 2.00. The Morgan fingerprint density at radius 3 is 2.58 bits per heavy atom. The van der Waals surface area contributed by atoms with E-state index >= 15 is 0 Å². The molecule has 0 aliphatic carbocycles. The number of para-hydroxylation sites is 1. The number of amides is 2. The highest BCUT2D eigenvalue weighted by molar-refractivity contribution is 9.10. The molecular formula is C18H19BrN2O3. The summed E-state index contributed by atoms with van der Waals surface area (Å²) in [6, 6.07) is 14.6. The number of nitrogens with one attached hydrogen (secondary N) is 1. The molecule has 0 aliphatic rings. The molecule has 2 amide bonds. The zero-order chi connectivity index (χ0) is 17.5. The van der Waals surface area contributed by atoms with E-state index in [2.05, 4.69) is 21.2 Å². The number of carbonyl (C=O) groups excluding carboxylic acids is 2. The average Bonchev–Trinajstić information content (AvgIpc) is 2.56. The molecule has 2 aromatic rings. The van der Waals surface area contributed by atoms with Gasteiger partial charge in [-0.3, -0.25) is 9.59 Å². The third-order valence-corrected chi connectivity index (χ3v) is 4.11. The Morgan fingerprint density at radius 2 is 1.92 bits per heavy atom. The molecule has 1 N–H and O–H groups in total. The summed E-state index contributed by atoms with van der Waals surface area (Å²) in [6.45, 7) is 1.78. The molecule has 2 rings (SSSR count). The lowest BCUT2D eigenvalue weighted by Gasteiger charge is -2.22. The SMILES string of the molecule is COc1cccc(NC(=O)CCN(C(C)=O)c2ccccc2Br)c1. The van der Waals surface area contributed by atoms with E-state index in [0.29, 0.717) is 18.0 Å². The van der Waals surface area contributed by atoms with E-state index in [9.17, 15) is 9.59 Å². The van der Waals surface area contributed by atoms with E-state index in [0.717, 1.165) is 10.2 Å². The summed E-state index contributed by atoms with van der Waals surface area (Å²) in [4.78, 5) is 25.6. The molecule has 0 heterocycles. The molecule has 126 valence electrons. The first-order valence-corrected chi connectivity index (χ1v) is 8.27. The largest absolute Gasteiger partial charge is 0.497 e. The van der Waals surface area contributed by atoms with Gasteiger partial charge in [0.25, 0.3) is 0 Å². The maximum absolute atomic E-state index is 12.2. The number of carbonyl (C=O) groups is 2. The van der Waals surface area contributed by atoms with Crippen LogP contribution in [0.2, 0.25) is 0 Å². The van der Waals surface area contributed by atoms with Gasteiger partial charge in [-0.05, 0) is 40.2 Å². The molecule has 24 heavy (non-hydrogen) atoms. The fourth-order valence-corrected chi connectivity index (χ4v) is 2.75. The molecule has 0 aliphatic heterocycles. The predicted octanol–water partition coefficient (Wildman–Crippen LogP) is 3.84. The van der Waals surface area contributed by atoms with Crippen LogP contribution in [0, 0.1) is 0 Å². The summed E-state index contributed by atoms with van der Waals surface area (Å²) >= 11 is 3.43. The van der Waals surface area contributed by atoms with E-state index < -0.39 is 0 Å². The van der Waals surface area contributed by atoms with E-state index in [1.807, 2.05) is 24.3 Å². The van der Waals surface area contributed by atoms with Crippen LogP contribution in [0.15, 0.2) is 53.0 Å². The summed E-state index contributed by atoms with van der Waals surface area (Å²) in [5.74, 6) is 0.393. The summed E-state index contributed by atoms with van der Waals surface area (Å²) in [5.41, 5.74) is 1.41. The average molecular weight is 391 g/mol. The minimum absolute atomic E-state index is 0.115. The zero-order valence-electron chi connectivity index (χ0n) is 13.6. The van der Waals surface area contributed by atoms with Gasteiger partial charge in [0.2, 0.25) is 11.8 Å². The predicted molar refractivity (Wildman–Crippen MR) is 98.4 cm³/mol. The fourth-order valence-electron chi connectivity index (χ4n) is 2.26. The maximum atomic E-state index is 12.2. The molecule has 0 spiro atoms. The number of benzene rings is 2. The van der Waals surface area contributed by atoms with Gasteiger partial charge in [0.15, 0.2) is 0 Å². The van der Waals surface area contributed by atoms with E-state index in [1.54, 1.807) is 36.3 Å². The second-order valence-corrected chi connectivity index (χ2v) is 6.01. The number of methoxy groups -OCH3 is 1. The van der Waals surface area contributed by atoms with Gasteiger partial charge in [-0.2, -0.15) is 0 Å². The van der Waals surface area contributed by atoms with Crippen molar-refractivity contribution in [3.05, 3.63) is 53.0 Å². The second-order valence-electron chi connectivity index (χ2n) is 5.15. The van der Waals surface area contributed by atoms with Crippen LogP contribution in [0.4, 0.5) is 11.4 Å². The molecule has 0 saturated heterocycles. The molecule has 5 nitrogen and oxygen atoms in total.